The number of nitrogen functional groups attached to an aromatic ring is 1. The fourth-order valence-electron chi connectivity index (χ4n) is 2.43. The number of pyridine rings is 1. The van der Waals surface area contributed by atoms with E-state index in [9.17, 15) is 4.79 Å². The Labute approximate surface area is 116 Å². The van der Waals surface area contributed by atoms with E-state index in [1.165, 1.54) is 31.9 Å². The number of nitrogens with zero attached hydrogens (tertiary/aromatic N) is 1. The SMILES string of the molecule is NNc1ncc(C(=O)NC(C2CC2)C2CC2)cc1Cl. The first-order chi connectivity index (χ1) is 9.19. The molecule has 1 heterocycles. The minimum Gasteiger partial charge on any atom is -0.349 e. The Kier molecular flexibility index (Phi) is 3.33. The van der Waals surface area contributed by atoms with Crippen LogP contribution in [0.25, 0.3) is 0 Å². The van der Waals surface area contributed by atoms with E-state index in [1.54, 1.807) is 6.07 Å². The summed E-state index contributed by atoms with van der Waals surface area (Å²) in [4.78, 5) is 16.2. The van der Waals surface area contributed by atoms with Crippen LogP contribution in [0.15, 0.2) is 12.3 Å². The molecule has 2 aliphatic carbocycles. The summed E-state index contributed by atoms with van der Waals surface area (Å²) in [5, 5.41) is 3.48. The molecule has 0 radical (unpaired) electrons. The minimum absolute atomic E-state index is 0.0956. The summed E-state index contributed by atoms with van der Waals surface area (Å²) in [6.07, 6.45) is 6.42. The quantitative estimate of drug-likeness (QED) is 0.569. The van der Waals surface area contributed by atoms with Crippen molar-refractivity contribution in [2.75, 3.05) is 5.43 Å². The third kappa shape index (κ3) is 2.82. The van der Waals surface area contributed by atoms with Gasteiger partial charge < -0.3 is 10.7 Å². The highest BCUT2D eigenvalue weighted by Gasteiger charge is 2.42. The van der Waals surface area contributed by atoms with Crippen LogP contribution < -0.4 is 16.6 Å². The molecule has 0 atom stereocenters. The minimum atomic E-state index is -0.0956. The van der Waals surface area contributed by atoms with E-state index in [0.29, 0.717) is 34.3 Å². The number of carbonyl (C=O) groups is 1. The van der Waals surface area contributed by atoms with Gasteiger partial charge in [0.05, 0.1) is 10.6 Å². The predicted molar refractivity (Wildman–Crippen MR) is 73.8 cm³/mol. The molecule has 0 unspecified atom stereocenters. The largest absolute Gasteiger partial charge is 0.349 e. The van der Waals surface area contributed by atoms with Crippen molar-refractivity contribution >= 4 is 23.3 Å². The third-order valence-corrected chi connectivity index (χ3v) is 4.09. The summed E-state index contributed by atoms with van der Waals surface area (Å²) >= 11 is 5.97. The molecule has 0 aromatic carbocycles. The lowest BCUT2D eigenvalue weighted by Gasteiger charge is -2.17. The second-order valence-corrected chi connectivity index (χ2v) is 5.78. The van der Waals surface area contributed by atoms with E-state index < -0.39 is 0 Å². The Morgan fingerprint density at radius 2 is 2.00 bits per heavy atom. The highest BCUT2D eigenvalue weighted by molar-refractivity contribution is 6.33. The second-order valence-electron chi connectivity index (χ2n) is 5.37. The van der Waals surface area contributed by atoms with E-state index in [-0.39, 0.29) is 5.91 Å². The van der Waals surface area contributed by atoms with Crippen LogP contribution in [0.3, 0.4) is 0 Å². The molecule has 4 N–H and O–H groups in total. The number of halogens is 1. The molecule has 0 saturated heterocycles. The molecular weight excluding hydrogens is 264 g/mol. The van der Waals surface area contributed by atoms with Crippen molar-refractivity contribution in [2.45, 2.75) is 31.7 Å². The van der Waals surface area contributed by atoms with Gasteiger partial charge in [-0.3, -0.25) is 4.79 Å². The van der Waals surface area contributed by atoms with Gasteiger partial charge in [-0.1, -0.05) is 11.6 Å². The lowest BCUT2D eigenvalue weighted by molar-refractivity contribution is 0.0926. The zero-order valence-corrected chi connectivity index (χ0v) is 11.3. The number of hydrogen-bond acceptors (Lipinski definition) is 4. The molecule has 0 aliphatic heterocycles. The lowest BCUT2D eigenvalue weighted by atomic mass is 10.1. The Morgan fingerprint density at radius 1 is 1.37 bits per heavy atom. The van der Waals surface area contributed by atoms with Crippen LogP contribution in [-0.4, -0.2) is 16.9 Å². The molecule has 1 amide bonds. The van der Waals surface area contributed by atoms with E-state index in [0.717, 1.165) is 0 Å². The van der Waals surface area contributed by atoms with Crippen LogP contribution in [0.5, 0.6) is 0 Å². The van der Waals surface area contributed by atoms with Crippen LogP contribution in [0.2, 0.25) is 5.02 Å². The van der Waals surface area contributed by atoms with Crippen molar-refractivity contribution in [3.8, 4) is 0 Å². The molecule has 3 rings (SSSR count). The number of amides is 1. The molecule has 5 nitrogen and oxygen atoms in total. The average Bonchev–Trinajstić information content (AvgIpc) is 3.29. The summed E-state index contributed by atoms with van der Waals surface area (Å²) in [5.41, 5.74) is 2.87. The predicted octanol–water partition coefficient (Wildman–Crippen LogP) is 1.94. The topological polar surface area (TPSA) is 80.0 Å². The second kappa shape index (κ2) is 4.98. The number of carbonyl (C=O) groups excluding carboxylic acids is 1. The van der Waals surface area contributed by atoms with Gasteiger partial charge in [-0.15, -0.1) is 0 Å². The van der Waals surface area contributed by atoms with Crippen molar-refractivity contribution in [1.29, 1.82) is 0 Å². The molecule has 2 saturated carbocycles. The molecule has 6 heteroatoms. The van der Waals surface area contributed by atoms with Crippen molar-refractivity contribution < 1.29 is 4.79 Å². The monoisotopic (exact) mass is 280 g/mol. The normalized spacial score (nSPS) is 18.5. The van der Waals surface area contributed by atoms with Crippen LogP contribution in [-0.2, 0) is 0 Å². The van der Waals surface area contributed by atoms with Gasteiger partial charge in [-0.2, -0.15) is 0 Å². The van der Waals surface area contributed by atoms with Gasteiger partial charge in [-0.25, -0.2) is 10.8 Å². The molecule has 0 spiro atoms. The fraction of sp³-hybridized carbons (Fsp3) is 0.538. The third-order valence-electron chi connectivity index (χ3n) is 3.80. The van der Waals surface area contributed by atoms with Gasteiger partial charge >= 0.3 is 0 Å². The zero-order valence-electron chi connectivity index (χ0n) is 10.5. The maximum atomic E-state index is 12.2. The number of hydrazine groups is 1. The lowest BCUT2D eigenvalue weighted by Crippen LogP contribution is -2.38. The van der Waals surface area contributed by atoms with Gasteiger partial charge in [0.25, 0.3) is 5.91 Å². The standard InChI is InChI=1S/C13H17ClN4O/c14-10-5-9(6-16-12(10)18-15)13(19)17-11(7-1-2-7)8-3-4-8/h5-8,11H,1-4,15H2,(H,16,18)(H,17,19). The Balaban J connectivity index is 1.70. The summed E-state index contributed by atoms with van der Waals surface area (Å²) < 4.78 is 0. The molecule has 1 aromatic rings. The molecule has 19 heavy (non-hydrogen) atoms. The summed E-state index contributed by atoms with van der Waals surface area (Å²) in [5.74, 6) is 6.88. The summed E-state index contributed by atoms with van der Waals surface area (Å²) in [6, 6.07) is 1.93. The summed E-state index contributed by atoms with van der Waals surface area (Å²) in [7, 11) is 0. The Bertz CT molecular complexity index is 487. The number of aromatic nitrogens is 1. The fourth-order valence-corrected chi connectivity index (χ4v) is 2.66. The van der Waals surface area contributed by atoms with Crippen molar-refractivity contribution in [1.82, 2.24) is 10.3 Å². The first-order valence-corrected chi connectivity index (χ1v) is 7.00. The maximum Gasteiger partial charge on any atom is 0.253 e. The van der Waals surface area contributed by atoms with E-state index in [4.69, 9.17) is 17.4 Å². The highest BCUT2D eigenvalue weighted by Crippen LogP contribution is 2.44. The summed E-state index contributed by atoms with van der Waals surface area (Å²) in [6.45, 7) is 0. The molecule has 2 aliphatic rings. The number of rotatable bonds is 5. The number of nitrogens with two attached hydrogens (primary N) is 1. The van der Waals surface area contributed by atoms with E-state index >= 15 is 0 Å². The smallest absolute Gasteiger partial charge is 0.253 e. The average molecular weight is 281 g/mol. The van der Waals surface area contributed by atoms with Gasteiger partial charge in [-0.05, 0) is 43.6 Å². The van der Waals surface area contributed by atoms with Crippen LogP contribution in [0.4, 0.5) is 5.82 Å². The molecule has 2 fully saturated rings. The first kappa shape index (κ1) is 12.7. The van der Waals surface area contributed by atoms with Gasteiger partial charge in [0.2, 0.25) is 0 Å². The van der Waals surface area contributed by atoms with Crippen molar-refractivity contribution in [3.63, 3.8) is 0 Å². The Morgan fingerprint density at radius 3 is 2.47 bits per heavy atom. The molecule has 0 bridgehead atoms. The maximum absolute atomic E-state index is 12.2. The van der Waals surface area contributed by atoms with Crippen molar-refractivity contribution in [2.24, 2.45) is 17.7 Å². The molecular formula is C13H17ClN4O. The van der Waals surface area contributed by atoms with Crippen LogP contribution in [0.1, 0.15) is 36.0 Å². The van der Waals surface area contributed by atoms with Gasteiger partial charge in [0, 0.05) is 12.2 Å². The molecule has 1 aromatic heterocycles. The number of hydrogen-bond donors (Lipinski definition) is 3. The van der Waals surface area contributed by atoms with Gasteiger partial charge in [0.15, 0.2) is 5.82 Å². The Hall–Kier alpha value is -1.33. The van der Waals surface area contributed by atoms with E-state index in [2.05, 4.69) is 15.7 Å². The van der Waals surface area contributed by atoms with Gasteiger partial charge in [0.1, 0.15) is 0 Å². The van der Waals surface area contributed by atoms with E-state index in [1.807, 2.05) is 0 Å². The van der Waals surface area contributed by atoms with Crippen molar-refractivity contribution in [3.05, 3.63) is 22.8 Å². The molecule has 102 valence electrons. The zero-order chi connectivity index (χ0) is 13.4. The first-order valence-electron chi connectivity index (χ1n) is 6.62. The number of nitrogens with one attached hydrogen (secondary N) is 2. The van der Waals surface area contributed by atoms with Crippen LogP contribution >= 0.6 is 11.6 Å². The number of anilines is 1. The highest BCUT2D eigenvalue weighted by atomic mass is 35.5. The van der Waals surface area contributed by atoms with Crippen LogP contribution in [0, 0.1) is 11.8 Å².